The first-order valence-electron chi connectivity index (χ1n) is 3.98. The van der Waals surface area contributed by atoms with Gasteiger partial charge in [0.1, 0.15) is 5.49 Å². The zero-order valence-electron chi connectivity index (χ0n) is 7.76. The van der Waals surface area contributed by atoms with Gasteiger partial charge < -0.3 is 0 Å². The average Bonchev–Trinajstić information content (AvgIpc) is 2.13. The van der Waals surface area contributed by atoms with Crippen LogP contribution in [0.2, 0.25) is 0 Å². The number of aryl methyl sites for hydroxylation is 1. The smallest absolute Gasteiger partial charge is 0.132 e. The van der Waals surface area contributed by atoms with Gasteiger partial charge in [0.15, 0.2) is 0 Å². The van der Waals surface area contributed by atoms with Crippen LogP contribution in [0.4, 0.5) is 0 Å². The highest BCUT2D eigenvalue weighted by atomic mass is 15.0. The number of aromatic nitrogens is 1. The maximum atomic E-state index is 7.41. The molecule has 0 aliphatic rings. The van der Waals surface area contributed by atoms with Crippen molar-refractivity contribution >= 4 is 6.34 Å². The van der Waals surface area contributed by atoms with Crippen LogP contribution in [0.1, 0.15) is 19.4 Å². The minimum absolute atomic E-state index is 0.373. The number of hydrogen-bond acceptors (Lipinski definition) is 2. The summed E-state index contributed by atoms with van der Waals surface area (Å²) in [6, 6.07) is 3.67. The number of rotatable bonds is 1. The Hall–Kier alpha value is -1.38. The van der Waals surface area contributed by atoms with Crippen LogP contribution in [0.3, 0.4) is 0 Å². The van der Waals surface area contributed by atoms with E-state index >= 15 is 0 Å². The van der Waals surface area contributed by atoms with Crippen LogP contribution in [-0.4, -0.2) is 10.9 Å². The van der Waals surface area contributed by atoms with E-state index in [0.29, 0.717) is 5.49 Å². The third-order valence-corrected chi connectivity index (χ3v) is 1.36. The molecule has 1 aromatic rings. The van der Waals surface area contributed by atoms with Crippen molar-refractivity contribution in [1.29, 1.82) is 10.8 Å². The van der Waals surface area contributed by atoms with E-state index < -0.39 is 0 Å². The molecule has 0 amide bonds. The molecule has 2 N–H and O–H groups in total. The molecule has 1 rings (SSSR count). The molecule has 3 heteroatoms. The fourth-order valence-corrected chi connectivity index (χ4v) is 0.745. The van der Waals surface area contributed by atoms with E-state index in [-0.39, 0.29) is 0 Å². The molecule has 0 atom stereocenters. The summed E-state index contributed by atoms with van der Waals surface area (Å²) in [4.78, 5) is 0. The minimum Gasteiger partial charge on any atom is -0.293 e. The van der Waals surface area contributed by atoms with Crippen LogP contribution in [0.25, 0.3) is 0 Å². The summed E-state index contributed by atoms with van der Waals surface area (Å²) in [7, 11) is 0. The minimum atomic E-state index is 0.373. The molecule has 0 fully saturated rings. The predicted molar refractivity (Wildman–Crippen MR) is 50.6 cm³/mol. The first-order chi connectivity index (χ1) is 5.75. The molecule has 0 bridgehead atoms. The summed E-state index contributed by atoms with van der Waals surface area (Å²) < 4.78 is 1.45. The lowest BCUT2D eigenvalue weighted by molar-refractivity contribution is 0.961. The SMILES string of the molecule is CC.Cc1cccn(C=N)c1=N. The highest BCUT2D eigenvalue weighted by molar-refractivity contribution is 5.53. The summed E-state index contributed by atoms with van der Waals surface area (Å²) in [6.07, 6.45) is 2.80. The van der Waals surface area contributed by atoms with Crippen molar-refractivity contribution in [3.63, 3.8) is 0 Å². The van der Waals surface area contributed by atoms with E-state index in [2.05, 4.69) is 0 Å². The van der Waals surface area contributed by atoms with Crippen molar-refractivity contribution in [2.45, 2.75) is 20.8 Å². The maximum absolute atomic E-state index is 7.41. The molecule has 0 spiro atoms. The number of nitrogens with one attached hydrogen (secondary N) is 2. The largest absolute Gasteiger partial charge is 0.293 e. The Morgan fingerprint density at radius 3 is 2.42 bits per heavy atom. The quantitative estimate of drug-likeness (QED) is 0.470. The van der Waals surface area contributed by atoms with Crippen molar-refractivity contribution in [3.8, 4) is 0 Å². The maximum Gasteiger partial charge on any atom is 0.132 e. The Kier molecular flexibility index (Phi) is 4.69. The third kappa shape index (κ3) is 2.34. The van der Waals surface area contributed by atoms with Crippen LogP contribution >= 0.6 is 0 Å². The van der Waals surface area contributed by atoms with Gasteiger partial charge in [0, 0.05) is 6.20 Å². The van der Waals surface area contributed by atoms with Gasteiger partial charge >= 0.3 is 0 Å². The molecule has 3 nitrogen and oxygen atoms in total. The second-order valence-electron chi connectivity index (χ2n) is 2.08. The second-order valence-corrected chi connectivity index (χ2v) is 2.08. The molecule has 66 valence electrons. The number of hydrogen-bond donors (Lipinski definition) is 2. The van der Waals surface area contributed by atoms with Crippen molar-refractivity contribution in [2.75, 3.05) is 0 Å². The van der Waals surface area contributed by atoms with Gasteiger partial charge in [-0.1, -0.05) is 19.9 Å². The number of pyridine rings is 1. The fourth-order valence-electron chi connectivity index (χ4n) is 0.745. The normalized spacial score (nSPS) is 8.25. The lowest BCUT2D eigenvalue weighted by Gasteiger charge is -1.98. The van der Waals surface area contributed by atoms with Crippen molar-refractivity contribution in [1.82, 2.24) is 4.57 Å². The topological polar surface area (TPSA) is 52.6 Å². The molecule has 0 aliphatic carbocycles. The predicted octanol–water partition coefficient (Wildman–Crippen LogP) is 1.76. The molecular weight excluding hydrogens is 150 g/mol. The van der Waals surface area contributed by atoms with E-state index in [1.807, 2.05) is 32.9 Å². The van der Waals surface area contributed by atoms with Gasteiger partial charge in [0.25, 0.3) is 0 Å². The molecule has 0 saturated heterocycles. The van der Waals surface area contributed by atoms with Gasteiger partial charge in [0.2, 0.25) is 0 Å². The van der Waals surface area contributed by atoms with Crippen LogP contribution in [0.15, 0.2) is 18.3 Å². The Balaban J connectivity index is 0.000000561. The van der Waals surface area contributed by atoms with Crippen LogP contribution in [0.5, 0.6) is 0 Å². The Morgan fingerprint density at radius 2 is 2.00 bits per heavy atom. The monoisotopic (exact) mass is 165 g/mol. The van der Waals surface area contributed by atoms with E-state index in [4.69, 9.17) is 10.8 Å². The summed E-state index contributed by atoms with van der Waals surface area (Å²) in [5.41, 5.74) is 1.25. The van der Waals surface area contributed by atoms with E-state index in [1.165, 1.54) is 4.57 Å². The molecule has 0 radical (unpaired) electrons. The van der Waals surface area contributed by atoms with Crippen molar-refractivity contribution < 1.29 is 0 Å². The van der Waals surface area contributed by atoms with Gasteiger partial charge in [-0.15, -0.1) is 0 Å². The van der Waals surface area contributed by atoms with E-state index in [1.54, 1.807) is 6.20 Å². The van der Waals surface area contributed by atoms with Gasteiger partial charge in [-0.3, -0.25) is 15.4 Å². The standard InChI is InChI=1S/C7H9N3.C2H6/c1-6-3-2-4-10(5-8)7(6)9;1-2/h2-5,8-9H,1H3;1-2H3. The zero-order valence-corrected chi connectivity index (χ0v) is 7.76. The molecular formula is C9H15N3. The lowest BCUT2D eigenvalue weighted by Crippen LogP contribution is -2.20. The van der Waals surface area contributed by atoms with Crippen LogP contribution in [0, 0.1) is 17.7 Å². The molecule has 1 heterocycles. The second kappa shape index (κ2) is 5.29. The summed E-state index contributed by atoms with van der Waals surface area (Å²) in [6.45, 7) is 5.85. The average molecular weight is 165 g/mol. The van der Waals surface area contributed by atoms with E-state index in [0.717, 1.165) is 11.9 Å². The Morgan fingerprint density at radius 1 is 1.42 bits per heavy atom. The van der Waals surface area contributed by atoms with Crippen molar-refractivity contribution in [3.05, 3.63) is 29.4 Å². The van der Waals surface area contributed by atoms with Gasteiger partial charge in [-0.25, -0.2) is 0 Å². The molecule has 0 aliphatic heterocycles. The molecule has 0 saturated carbocycles. The van der Waals surface area contributed by atoms with Crippen LogP contribution in [-0.2, 0) is 0 Å². The number of nitrogens with zero attached hydrogens (tertiary/aromatic N) is 1. The lowest BCUT2D eigenvalue weighted by atomic mass is 10.3. The summed E-state index contributed by atoms with van der Waals surface area (Å²) >= 11 is 0. The van der Waals surface area contributed by atoms with Crippen molar-refractivity contribution in [2.24, 2.45) is 0 Å². The Labute approximate surface area is 72.7 Å². The first-order valence-corrected chi connectivity index (χ1v) is 3.98. The highest BCUT2D eigenvalue weighted by Gasteiger charge is 1.88. The zero-order chi connectivity index (χ0) is 9.56. The van der Waals surface area contributed by atoms with Gasteiger partial charge in [-0.05, 0) is 18.6 Å². The fraction of sp³-hybridized carbons (Fsp3) is 0.333. The van der Waals surface area contributed by atoms with Gasteiger partial charge in [-0.2, -0.15) is 0 Å². The van der Waals surface area contributed by atoms with Gasteiger partial charge in [0.05, 0.1) is 6.34 Å². The first kappa shape index (κ1) is 10.6. The highest BCUT2D eigenvalue weighted by Crippen LogP contribution is 1.84. The molecule has 0 unspecified atom stereocenters. The van der Waals surface area contributed by atoms with E-state index in [9.17, 15) is 0 Å². The molecule has 12 heavy (non-hydrogen) atoms. The third-order valence-electron chi connectivity index (χ3n) is 1.36. The molecule has 0 aromatic carbocycles. The molecule has 1 aromatic heterocycles. The Bertz CT molecular complexity index is 299. The van der Waals surface area contributed by atoms with Crippen LogP contribution < -0.4 is 5.49 Å². The summed E-state index contributed by atoms with van der Waals surface area (Å²) in [5, 5.41) is 14.3. The summed E-state index contributed by atoms with van der Waals surface area (Å²) in [5.74, 6) is 0.